The Bertz CT molecular complexity index is 1150. The molecule has 28 heavy (non-hydrogen) atoms. The summed E-state index contributed by atoms with van der Waals surface area (Å²) in [4.78, 5) is 15.6. The number of pyridine rings is 1. The minimum atomic E-state index is -0.440. The number of rotatable bonds is 4. The van der Waals surface area contributed by atoms with Gasteiger partial charge in [0.15, 0.2) is 0 Å². The van der Waals surface area contributed by atoms with Gasteiger partial charge in [-0.15, -0.1) is 0 Å². The zero-order valence-electron chi connectivity index (χ0n) is 15.8. The highest BCUT2D eigenvalue weighted by Crippen LogP contribution is 2.29. The fourth-order valence-electron chi connectivity index (χ4n) is 3.10. The summed E-state index contributed by atoms with van der Waals surface area (Å²) in [6.45, 7) is 4.18. The lowest BCUT2D eigenvalue weighted by Gasteiger charge is -2.10. The molecule has 0 bridgehead atoms. The smallest absolute Gasteiger partial charge is 0.248 e. The van der Waals surface area contributed by atoms with Crippen molar-refractivity contribution in [2.45, 2.75) is 13.8 Å². The van der Waals surface area contributed by atoms with Gasteiger partial charge in [0.2, 0.25) is 5.91 Å². The van der Waals surface area contributed by atoms with E-state index in [2.05, 4.69) is 37.0 Å². The van der Waals surface area contributed by atoms with E-state index in [1.807, 2.05) is 35.0 Å². The van der Waals surface area contributed by atoms with Crippen molar-refractivity contribution in [2.75, 3.05) is 0 Å². The molecule has 0 aliphatic heterocycles. The predicted molar refractivity (Wildman–Crippen MR) is 110 cm³/mol. The SMILES string of the molecule is Cc1ccc(-n2nc(-c3cccnc3)cc2-c2ccc(C(N)=O)cc2)cc1C. The van der Waals surface area contributed by atoms with E-state index in [9.17, 15) is 4.79 Å². The number of carbonyl (C=O) groups excluding carboxylic acids is 1. The van der Waals surface area contributed by atoms with Gasteiger partial charge in [-0.25, -0.2) is 4.68 Å². The van der Waals surface area contributed by atoms with Crippen molar-refractivity contribution in [3.05, 3.63) is 89.7 Å². The third kappa shape index (κ3) is 3.30. The van der Waals surface area contributed by atoms with E-state index in [4.69, 9.17) is 10.8 Å². The first-order valence-corrected chi connectivity index (χ1v) is 9.01. The zero-order chi connectivity index (χ0) is 19.7. The standard InChI is InChI=1S/C23H20N4O/c1-15-5-10-20(12-16(15)2)27-22(17-6-8-18(9-7-17)23(24)28)13-21(26-27)19-4-3-11-25-14-19/h3-14H,1-2H3,(H2,24,28). The Hall–Kier alpha value is -3.73. The van der Waals surface area contributed by atoms with Crippen molar-refractivity contribution in [2.24, 2.45) is 5.73 Å². The van der Waals surface area contributed by atoms with Crippen LogP contribution < -0.4 is 5.73 Å². The molecule has 5 heteroatoms. The number of hydrogen-bond donors (Lipinski definition) is 1. The lowest BCUT2D eigenvalue weighted by atomic mass is 10.1. The summed E-state index contributed by atoms with van der Waals surface area (Å²) in [5.41, 5.74) is 12.9. The Morgan fingerprint density at radius 3 is 2.36 bits per heavy atom. The molecule has 4 aromatic rings. The molecule has 2 N–H and O–H groups in total. The van der Waals surface area contributed by atoms with Crippen molar-refractivity contribution in [1.82, 2.24) is 14.8 Å². The molecule has 0 saturated heterocycles. The van der Waals surface area contributed by atoms with Crippen molar-refractivity contribution in [3.8, 4) is 28.2 Å². The van der Waals surface area contributed by atoms with Gasteiger partial charge in [0, 0.05) is 29.1 Å². The van der Waals surface area contributed by atoms with E-state index in [1.165, 1.54) is 11.1 Å². The van der Waals surface area contributed by atoms with Gasteiger partial charge in [-0.05, 0) is 67.4 Å². The fraction of sp³-hybridized carbons (Fsp3) is 0.0870. The molecule has 138 valence electrons. The lowest BCUT2D eigenvalue weighted by Crippen LogP contribution is -2.10. The molecule has 0 unspecified atom stereocenters. The summed E-state index contributed by atoms with van der Waals surface area (Å²) in [6, 6.07) is 19.4. The molecule has 0 spiro atoms. The first-order valence-electron chi connectivity index (χ1n) is 9.01. The van der Waals surface area contributed by atoms with E-state index in [1.54, 1.807) is 24.5 Å². The second-order valence-electron chi connectivity index (χ2n) is 6.78. The topological polar surface area (TPSA) is 73.8 Å². The van der Waals surface area contributed by atoms with E-state index in [0.29, 0.717) is 5.56 Å². The molecule has 2 aromatic heterocycles. The number of amides is 1. The summed E-state index contributed by atoms with van der Waals surface area (Å²) in [6.07, 6.45) is 3.54. The van der Waals surface area contributed by atoms with Crippen LogP contribution in [0.3, 0.4) is 0 Å². The zero-order valence-corrected chi connectivity index (χ0v) is 15.8. The van der Waals surface area contributed by atoms with E-state index in [0.717, 1.165) is 28.2 Å². The highest BCUT2D eigenvalue weighted by Gasteiger charge is 2.14. The molecule has 2 heterocycles. The van der Waals surface area contributed by atoms with Crippen LogP contribution in [0, 0.1) is 13.8 Å². The number of primary amides is 1. The predicted octanol–water partition coefficient (Wildman–Crippen LogP) is 4.32. The molecule has 0 atom stereocenters. The van der Waals surface area contributed by atoms with Crippen LogP contribution in [-0.2, 0) is 0 Å². The van der Waals surface area contributed by atoms with Gasteiger partial charge < -0.3 is 5.73 Å². The number of aryl methyl sites for hydroxylation is 2. The number of nitrogens with zero attached hydrogens (tertiary/aromatic N) is 3. The minimum absolute atomic E-state index is 0.440. The van der Waals surface area contributed by atoms with Crippen molar-refractivity contribution in [1.29, 1.82) is 0 Å². The molecular formula is C23H20N4O. The lowest BCUT2D eigenvalue weighted by molar-refractivity contribution is 0.100. The van der Waals surface area contributed by atoms with Crippen LogP contribution in [0.4, 0.5) is 0 Å². The third-order valence-corrected chi connectivity index (χ3v) is 4.87. The minimum Gasteiger partial charge on any atom is -0.366 e. The third-order valence-electron chi connectivity index (χ3n) is 4.87. The van der Waals surface area contributed by atoms with Crippen LogP contribution in [0.5, 0.6) is 0 Å². The van der Waals surface area contributed by atoms with Crippen LogP contribution in [0.25, 0.3) is 28.2 Å². The largest absolute Gasteiger partial charge is 0.366 e. The summed E-state index contributed by atoms with van der Waals surface area (Å²) in [5, 5.41) is 4.84. The number of benzene rings is 2. The fourth-order valence-corrected chi connectivity index (χ4v) is 3.10. The van der Waals surface area contributed by atoms with Crippen LogP contribution in [0.15, 0.2) is 73.1 Å². The molecule has 1 amide bonds. The van der Waals surface area contributed by atoms with Crippen molar-refractivity contribution < 1.29 is 4.79 Å². The summed E-state index contributed by atoms with van der Waals surface area (Å²) in [7, 11) is 0. The molecule has 4 rings (SSSR count). The van der Waals surface area contributed by atoms with Crippen LogP contribution in [0.1, 0.15) is 21.5 Å². The average molecular weight is 368 g/mol. The second kappa shape index (κ2) is 7.12. The highest BCUT2D eigenvalue weighted by molar-refractivity contribution is 5.93. The quantitative estimate of drug-likeness (QED) is 0.583. The van der Waals surface area contributed by atoms with Crippen molar-refractivity contribution >= 4 is 5.91 Å². The number of aromatic nitrogens is 3. The summed E-state index contributed by atoms with van der Waals surface area (Å²) < 4.78 is 1.92. The molecule has 0 aliphatic rings. The maximum atomic E-state index is 11.4. The normalized spacial score (nSPS) is 10.8. The van der Waals surface area contributed by atoms with Gasteiger partial charge in [-0.1, -0.05) is 18.2 Å². The monoisotopic (exact) mass is 368 g/mol. The summed E-state index contributed by atoms with van der Waals surface area (Å²) in [5.74, 6) is -0.440. The van der Waals surface area contributed by atoms with Gasteiger partial charge >= 0.3 is 0 Å². The Morgan fingerprint density at radius 2 is 1.71 bits per heavy atom. The van der Waals surface area contributed by atoms with E-state index >= 15 is 0 Å². The maximum Gasteiger partial charge on any atom is 0.248 e. The molecule has 2 aromatic carbocycles. The van der Waals surface area contributed by atoms with Crippen LogP contribution in [0.2, 0.25) is 0 Å². The molecule has 5 nitrogen and oxygen atoms in total. The summed E-state index contributed by atoms with van der Waals surface area (Å²) >= 11 is 0. The van der Waals surface area contributed by atoms with Crippen molar-refractivity contribution in [3.63, 3.8) is 0 Å². The van der Waals surface area contributed by atoms with Gasteiger partial charge in [-0.2, -0.15) is 5.10 Å². The van der Waals surface area contributed by atoms with E-state index in [-0.39, 0.29) is 0 Å². The van der Waals surface area contributed by atoms with Crippen LogP contribution >= 0.6 is 0 Å². The number of carbonyl (C=O) groups is 1. The molecule has 0 fully saturated rings. The number of hydrogen-bond acceptors (Lipinski definition) is 3. The second-order valence-corrected chi connectivity index (χ2v) is 6.78. The number of nitrogens with two attached hydrogens (primary N) is 1. The molecule has 0 radical (unpaired) electrons. The van der Waals surface area contributed by atoms with Gasteiger partial charge in [0.25, 0.3) is 0 Å². The first kappa shape index (κ1) is 17.7. The van der Waals surface area contributed by atoms with Gasteiger partial charge in [0.1, 0.15) is 0 Å². The Morgan fingerprint density at radius 1 is 0.929 bits per heavy atom. The molecular weight excluding hydrogens is 348 g/mol. The Kier molecular flexibility index (Phi) is 4.49. The first-order chi connectivity index (χ1) is 13.5. The van der Waals surface area contributed by atoms with Gasteiger partial charge in [-0.3, -0.25) is 9.78 Å². The Balaban J connectivity index is 1.89. The van der Waals surface area contributed by atoms with E-state index < -0.39 is 5.91 Å². The van der Waals surface area contributed by atoms with Crippen LogP contribution in [-0.4, -0.2) is 20.7 Å². The highest BCUT2D eigenvalue weighted by atomic mass is 16.1. The maximum absolute atomic E-state index is 11.4. The Labute approximate surface area is 163 Å². The molecule has 0 saturated carbocycles. The molecule has 0 aliphatic carbocycles. The average Bonchev–Trinajstić information content (AvgIpc) is 3.16. The van der Waals surface area contributed by atoms with Gasteiger partial charge in [0.05, 0.1) is 17.1 Å².